The molecule has 0 aliphatic heterocycles. The summed E-state index contributed by atoms with van der Waals surface area (Å²) in [7, 11) is 3.73. The Morgan fingerprint density at radius 3 is 2.86 bits per heavy atom. The van der Waals surface area contributed by atoms with Crippen LogP contribution in [0.2, 0.25) is 0 Å². The molecule has 0 N–H and O–H groups in total. The van der Waals surface area contributed by atoms with Gasteiger partial charge in [0.1, 0.15) is 11.6 Å². The molecular weight excluding hydrogens is 361 g/mol. The Bertz CT molecular complexity index is 620. The van der Waals surface area contributed by atoms with Gasteiger partial charge in [0, 0.05) is 32.8 Å². The number of halogens is 3. The first kappa shape index (κ1) is 16.7. The molecule has 0 unspecified atom stereocenters. The third-order valence-electron chi connectivity index (χ3n) is 3.37. The van der Waals surface area contributed by atoms with Gasteiger partial charge in [0.15, 0.2) is 0 Å². The molecule has 2 rings (SSSR count). The van der Waals surface area contributed by atoms with E-state index in [0.717, 1.165) is 31.0 Å². The zero-order valence-corrected chi connectivity index (χ0v) is 14.4. The molecule has 0 aliphatic rings. The highest BCUT2D eigenvalue weighted by Crippen LogP contribution is 2.24. The van der Waals surface area contributed by atoms with Crippen LogP contribution in [0.25, 0.3) is 11.0 Å². The number of imidazole rings is 1. The van der Waals surface area contributed by atoms with Crippen molar-refractivity contribution in [3.8, 4) is 0 Å². The van der Waals surface area contributed by atoms with E-state index in [0.29, 0.717) is 22.5 Å². The van der Waals surface area contributed by atoms with Crippen LogP contribution in [0.3, 0.4) is 0 Å². The van der Waals surface area contributed by atoms with Crippen LogP contribution in [-0.2, 0) is 17.2 Å². The first-order valence-electron chi connectivity index (χ1n) is 6.64. The molecule has 0 saturated heterocycles. The Labute approximate surface area is 137 Å². The fourth-order valence-electron chi connectivity index (χ4n) is 2.15. The number of aromatic nitrogens is 2. The molecule has 0 spiro atoms. The smallest absolute Gasteiger partial charge is 0.139 e. The summed E-state index contributed by atoms with van der Waals surface area (Å²) >= 11 is 9.18. The van der Waals surface area contributed by atoms with Crippen LogP contribution in [-0.4, -0.2) is 48.3 Å². The van der Waals surface area contributed by atoms with Gasteiger partial charge in [0.2, 0.25) is 0 Å². The molecule has 116 valence electrons. The van der Waals surface area contributed by atoms with Crippen LogP contribution < -0.4 is 0 Å². The van der Waals surface area contributed by atoms with Gasteiger partial charge in [-0.2, -0.15) is 0 Å². The number of methoxy groups -OCH3 is 1. The van der Waals surface area contributed by atoms with E-state index in [1.165, 1.54) is 6.07 Å². The number of ether oxygens (including phenoxy) is 1. The maximum Gasteiger partial charge on any atom is 0.139 e. The normalized spacial score (nSPS) is 11.7. The zero-order valence-electron chi connectivity index (χ0n) is 12.1. The average molecular weight is 379 g/mol. The first-order chi connectivity index (χ1) is 10.1. The number of benzene rings is 1. The molecule has 0 amide bonds. The Hall–Kier alpha value is -0.690. The lowest BCUT2D eigenvalue weighted by atomic mass is 10.3. The number of hydrogen-bond acceptors (Lipinski definition) is 3. The second-order valence-electron chi connectivity index (χ2n) is 4.86. The fraction of sp³-hybridized carbons (Fsp3) is 0.500. The number of rotatable bonds is 7. The quantitative estimate of drug-likeness (QED) is 0.693. The summed E-state index contributed by atoms with van der Waals surface area (Å²) in [5, 5.41) is 0. The molecule has 21 heavy (non-hydrogen) atoms. The Morgan fingerprint density at radius 2 is 2.19 bits per heavy atom. The SMILES string of the molecule is COCCN(C)CCn1c(CCl)nc2cc(F)c(Br)cc21. The van der Waals surface area contributed by atoms with E-state index in [9.17, 15) is 4.39 Å². The predicted octanol–water partition coefficient (Wildman–Crippen LogP) is 3.25. The van der Waals surface area contributed by atoms with E-state index in [1.54, 1.807) is 13.2 Å². The third-order valence-corrected chi connectivity index (χ3v) is 4.22. The minimum absolute atomic E-state index is 0.301. The molecule has 0 saturated carbocycles. The van der Waals surface area contributed by atoms with Crippen LogP contribution >= 0.6 is 27.5 Å². The molecule has 0 bridgehead atoms. The van der Waals surface area contributed by atoms with Crippen molar-refractivity contribution in [2.75, 3.05) is 33.9 Å². The largest absolute Gasteiger partial charge is 0.383 e. The summed E-state index contributed by atoms with van der Waals surface area (Å²) in [6, 6.07) is 3.18. The van der Waals surface area contributed by atoms with Crippen molar-refractivity contribution in [1.29, 1.82) is 0 Å². The number of likely N-dealkylation sites (N-methyl/N-ethyl adjacent to an activating group) is 1. The minimum Gasteiger partial charge on any atom is -0.383 e. The molecule has 2 aromatic rings. The highest BCUT2D eigenvalue weighted by Gasteiger charge is 2.13. The van der Waals surface area contributed by atoms with Gasteiger partial charge in [-0.25, -0.2) is 9.37 Å². The monoisotopic (exact) mass is 377 g/mol. The van der Waals surface area contributed by atoms with Gasteiger partial charge in [-0.1, -0.05) is 0 Å². The van der Waals surface area contributed by atoms with E-state index in [4.69, 9.17) is 16.3 Å². The maximum atomic E-state index is 13.6. The molecule has 1 aromatic carbocycles. The molecule has 4 nitrogen and oxygen atoms in total. The van der Waals surface area contributed by atoms with Gasteiger partial charge in [0.05, 0.1) is 28.0 Å². The summed E-state index contributed by atoms with van der Waals surface area (Å²) in [5.74, 6) is 0.741. The highest BCUT2D eigenvalue weighted by atomic mass is 79.9. The number of hydrogen-bond donors (Lipinski definition) is 0. The van der Waals surface area contributed by atoms with Gasteiger partial charge in [-0.05, 0) is 29.0 Å². The average Bonchev–Trinajstić information content (AvgIpc) is 2.80. The number of alkyl halides is 1. The van der Waals surface area contributed by atoms with Crippen molar-refractivity contribution in [3.63, 3.8) is 0 Å². The van der Waals surface area contributed by atoms with Crippen molar-refractivity contribution in [2.45, 2.75) is 12.4 Å². The van der Waals surface area contributed by atoms with Crippen molar-refractivity contribution < 1.29 is 9.13 Å². The molecule has 0 fully saturated rings. The second-order valence-corrected chi connectivity index (χ2v) is 5.99. The van der Waals surface area contributed by atoms with Gasteiger partial charge in [0.25, 0.3) is 0 Å². The van der Waals surface area contributed by atoms with E-state index in [1.807, 2.05) is 11.6 Å². The second kappa shape index (κ2) is 7.54. The van der Waals surface area contributed by atoms with Crippen LogP contribution in [0, 0.1) is 5.82 Å². The Kier molecular flexibility index (Phi) is 5.98. The lowest BCUT2D eigenvalue weighted by Crippen LogP contribution is -2.27. The van der Waals surface area contributed by atoms with Crippen LogP contribution in [0.5, 0.6) is 0 Å². The predicted molar refractivity (Wildman–Crippen MR) is 86.3 cm³/mol. The van der Waals surface area contributed by atoms with Crippen molar-refractivity contribution in [2.24, 2.45) is 0 Å². The van der Waals surface area contributed by atoms with Crippen LogP contribution in [0.15, 0.2) is 16.6 Å². The molecule has 0 radical (unpaired) electrons. The molecular formula is C14H18BrClFN3O. The molecule has 1 heterocycles. The summed E-state index contributed by atoms with van der Waals surface area (Å²) in [4.78, 5) is 6.57. The molecule has 1 aromatic heterocycles. The van der Waals surface area contributed by atoms with Gasteiger partial charge >= 0.3 is 0 Å². The fourth-order valence-corrected chi connectivity index (χ4v) is 2.69. The third kappa shape index (κ3) is 3.94. The Morgan fingerprint density at radius 1 is 1.43 bits per heavy atom. The Balaban J connectivity index is 2.23. The lowest BCUT2D eigenvalue weighted by Gasteiger charge is -2.17. The van der Waals surface area contributed by atoms with E-state index < -0.39 is 0 Å². The van der Waals surface area contributed by atoms with Crippen LogP contribution in [0.4, 0.5) is 4.39 Å². The topological polar surface area (TPSA) is 30.3 Å². The van der Waals surface area contributed by atoms with E-state index in [2.05, 4.69) is 25.8 Å². The van der Waals surface area contributed by atoms with Gasteiger partial charge in [-0.3, -0.25) is 0 Å². The first-order valence-corrected chi connectivity index (χ1v) is 7.97. The highest BCUT2D eigenvalue weighted by molar-refractivity contribution is 9.10. The number of fused-ring (bicyclic) bond motifs is 1. The minimum atomic E-state index is -0.314. The van der Waals surface area contributed by atoms with Crippen molar-refractivity contribution >= 4 is 38.6 Å². The molecule has 0 atom stereocenters. The van der Waals surface area contributed by atoms with Crippen LogP contribution in [0.1, 0.15) is 5.82 Å². The maximum absolute atomic E-state index is 13.6. The van der Waals surface area contributed by atoms with Crippen molar-refractivity contribution in [3.05, 3.63) is 28.2 Å². The number of nitrogens with zero attached hydrogens (tertiary/aromatic N) is 3. The molecule has 7 heteroatoms. The lowest BCUT2D eigenvalue weighted by molar-refractivity contribution is 0.159. The molecule has 0 aliphatic carbocycles. The van der Waals surface area contributed by atoms with E-state index in [-0.39, 0.29) is 5.82 Å². The summed E-state index contributed by atoms with van der Waals surface area (Å²) < 4.78 is 21.1. The standard InChI is InChI=1S/C14H18BrClFN3O/c1-19(5-6-21-2)3-4-20-13-7-10(15)11(17)8-12(13)18-14(20)9-16/h7-8H,3-6,9H2,1-2H3. The summed E-state index contributed by atoms with van der Waals surface area (Å²) in [6.07, 6.45) is 0. The van der Waals surface area contributed by atoms with Crippen molar-refractivity contribution in [1.82, 2.24) is 14.5 Å². The van der Waals surface area contributed by atoms with Gasteiger partial charge < -0.3 is 14.2 Å². The summed E-state index contributed by atoms with van der Waals surface area (Å²) in [6.45, 7) is 3.14. The van der Waals surface area contributed by atoms with E-state index >= 15 is 0 Å². The summed E-state index contributed by atoms with van der Waals surface area (Å²) in [5.41, 5.74) is 1.52. The van der Waals surface area contributed by atoms with Gasteiger partial charge in [-0.15, -0.1) is 11.6 Å². The zero-order chi connectivity index (χ0) is 15.4.